The van der Waals surface area contributed by atoms with Crippen LogP contribution in [0.5, 0.6) is 0 Å². The van der Waals surface area contributed by atoms with E-state index in [4.69, 9.17) is 4.98 Å². The fourth-order valence-corrected chi connectivity index (χ4v) is 5.95. The van der Waals surface area contributed by atoms with E-state index in [1.54, 1.807) is 0 Å². The second-order valence-corrected chi connectivity index (χ2v) is 10.1. The number of hydrogen-bond acceptors (Lipinski definition) is 3. The average molecular weight is 565 g/mol. The molecule has 0 bridgehead atoms. The highest BCUT2D eigenvalue weighted by atomic mass is 15.1. The first kappa shape index (κ1) is 30.9. The summed E-state index contributed by atoms with van der Waals surface area (Å²) in [6, 6.07) is 10.9. The van der Waals surface area contributed by atoms with Crippen molar-refractivity contribution in [3.8, 4) is 11.4 Å². The van der Waals surface area contributed by atoms with Crippen LogP contribution >= 0.6 is 0 Å². The van der Waals surface area contributed by atoms with Crippen molar-refractivity contribution in [1.29, 1.82) is 0 Å². The number of nitrogens with one attached hydrogen (secondary N) is 2. The van der Waals surface area contributed by atoms with Crippen LogP contribution in [0, 0.1) is 6.92 Å². The van der Waals surface area contributed by atoms with Gasteiger partial charge in [0.2, 0.25) is 0 Å². The molecule has 2 N–H and O–H groups in total. The van der Waals surface area contributed by atoms with Crippen molar-refractivity contribution in [2.45, 2.75) is 80.1 Å². The van der Waals surface area contributed by atoms with Crippen molar-refractivity contribution in [3.05, 3.63) is 89.9 Å². The van der Waals surface area contributed by atoms with E-state index in [9.17, 15) is 0 Å². The van der Waals surface area contributed by atoms with Crippen LogP contribution < -0.4 is 0 Å². The molecule has 5 aromatic rings. The minimum Gasteiger partial charge on any atom is -0.371 e. The van der Waals surface area contributed by atoms with Gasteiger partial charge < -0.3 is 14.9 Å². The molecule has 1 aliphatic carbocycles. The molecular formula is C36H48N6. The lowest BCUT2D eigenvalue weighted by atomic mass is 9.95. The number of allylic oxidation sites excluding steroid dienone is 1. The number of aromatic amines is 2. The summed E-state index contributed by atoms with van der Waals surface area (Å²) in [6.07, 6.45) is 14.7. The highest BCUT2D eigenvalue weighted by Gasteiger charge is 2.28. The highest BCUT2D eigenvalue weighted by Crippen LogP contribution is 2.36. The molecule has 0 spiro atoms. The summed E-state index contributed by atoms with van der Waals surface area (Å²) in [5.74, 6) is 1.54. The molecule has 0 atom stereocenters. The molecule has 222 valence electrons. The molecule has 0 saturated carbocycles. The second kappa shape index (κ2) is 14.2. The van der Waals surface area contributed by atoms with Crippen LogP contribution in [0.2, 0.25) is 0 Å². The van der Waals surface area contributed by atoms with Crippen LogP contribution in [-0.4, -0.2) is 42.3 Å². The van der Waals surface area contributed by atoms with Crippen molar-refractivity contribution >= 4 is 28.2 Å². The van der Waals surface area contributed by atoms with Gasteiger partial charge in [-0.15, -0.1) is 0 Å². The number of benzene rings is 1. The Morgan fingerprint density at radius 1 is 1.00 bits per heavy atom. The Kier molecular flexibility index (Phi) is 10.5. The SMILES string of the molecule is C=C(c1ccc2cc[nH]c2c1)N1CCC(c2nc(-c3cc4c([nH]3)C=CCC4)c3c(C)nccn23)CC1.CC.CC.CC. The Hall–Kier alpha value is -4.06. The summed E-state index contributed by atoms with van der Waals surface area (Å²) >= 11 is 0. The van der Waals surface area contributed by atoms with E-state index in [1.165, 1.54) is 22.2 Å². The number of imidazole rings is 1. The molecule has 6 nitrogen and oxygen atoms in total. The average Bonchev–Trinajstić information content (AvgIpc) is 3.80. The lowest BCUT2D eigenvalue weighted by Gasteiger charge is -2.34. The fourth-order valence-electron chi connectivity index (χ4n) is 5.95. The molecule has 2 aliphatic rings. The van der Waals surface area contributed by atoms with Crippen molar-refractivity contribution in [2.24, 2.45) is 0 Å². The third-order valence-electron chi connectivity index (χ3n) is 7.95. The maximum atomic E-state index is 5.27. The summed E-state index contributed by atoms with van der Waals surface area (Å²) in [5.41, 5.74) is 10.3. The van der Waals surface area contributed by atoms with Crippen LogP contribution in [0.15, 0.2) is 61.6 Å². The summed E-state index contributed by atoms with van der Waals surface area (Å²) in [5, 5.41) is 1.23. The van der Waals surface area contributed by atoms with Gasteiger partial charge >= 0.3 is 0 Å². The fraction of sp³-hybridized carbons (Fsp3) is 0.389. The molecule has 0 radical (unpaired) electrons. The molecule has 0 amide bonds. The summed E-state index contributed by atoms with van der Waals surface area (Å²) in [7, 11) is 0. The summed E-state index contributed by atoms with van der Waals surface area (Å²) < 4.78 is 2.28. The number of aromatic nitrogens is 5. The molecule has 1 aromatic carbocycles. The number of likely N-dealkylation sites (tertiary alicyclic amines) is 1. The normalized spacial score (nSPS) is 14.3. The van der Waals surface area contributed by atoms with Gasteiger partial charge in [0, 0.05) is 54.5 Å². The van der Waals surface area contributed by atoms with Crippen LogP contribution in [0.1, 0.15) is 95.1 Å². The zero-order chi connectivity index (χ0) is 30.2. The topological polar surface area (TPSA) is 65.0 Å². The molecule has 6 heteroatoms. The molecule has 7 rings (SSSR count). The molecular weight excluding hydrogens is 516 g/mol. The van der Waals surface area contributed by atoms with E-state index >= 15 is 0 Å². The van der Waals surface area contributed by atoms with Gasteiger partial charge in [-0.1, -0.05) is 66.3 Å². The number of aryl methyl sites for hydroxylation is 2. The molecule has 1 saturated heterocycles. The Balaban J connectivity index is 0.000000637. The second-order valence-electron chi connectivity index (χ2n) is 10.1. The van der Waals surface area contributed by atoms with Crippen LogP contribution in [0.4, 0.5) is 0 Å². The third kappa shape index (κ3) is 5.94. The molecule has 5 heterocycles. The number of piperidine rings is 1. The Bertz CT molecular complexity index is 1640. The highest BCUT2D eigenvalue weighted by molar-refractivity contribution is 5.83. The van der Waals surface area contributed by atoms with Crippen molar-refractivity contribution < 1.29 is 0 Å². The lowest BCUT2D eigenvalue weighted by molar-refractivity contribution is 0.293. The van der Waals surface area contributed by atoms with Gasteiger partial charge in [-0.3, -0.25) is 9.38 Å². The Morgan fingerprint density at radius 3 is 2.50 bits per heavy atom. The largest absolute Gasteiger partial charge is 0.371 e. The monoisotopic (exact) mass is 564 g/mol. The maximum Gasteiger partial charge on any atom is 0.117 e. The number of rotatable bonds is 4. The van der Waals surface area contributed by atoms with Crippen LogP contribution in [0.25, 0.3) is 39.6 Å². The number of fused-ring (bicyclic) bond motifs is 3. The first-order valence-electron chi connectivity index (χ1n) is 15.9. The first-order valence-corrected chi connectivity index (χ1v) is 15.9. The third-order valence-corrected chi connectivity index (χ3v) is 7.95. The van der Waals surface area contributed by atoms with E-state index in [1.807, 2.05) is 53.9 Å². The predicted molar refractivity (Wildman–Crippen MR) is 180 cm³/mol. The molecule has 42 heavy (non-hydrogen) atoms. The number of H-pyrrole nitrogens is 2. The van der Waals surface area contributed by atoms with Gasteiger partial charge in [0.05, 0.1) is 16.9 Å². The summed E-state index contributed by atoms with van der Waals surface area (Å²) in [4.78, 5) is 19.2. The first-order chi connectivity index (χ1) is 20.7. The lowest BCUT2D eigenvalue weighted by Crippen LogP contribution is -2.32. The standard InChI is InChI=1S/C30H30N6.3C2H6/c1-19-29-28(27-18-24-5-3-4-6-25(24)33-27)34-30(36(29)16-13-31-19)22-10-14-35(15-11-22)20(2)23-8-7-21-9-12-32-26(21)17-23;3*1-2/h4,6-9,12-13,16-18,22,32-33H,2-3,5,10-11,14-15H2,1H3;3*1-2H3. The Morgan fingerprint density at radius 2 is 1.76 bits per heavy atom. The van der Waals surface area contributed by atoms with Gasteiger partial charge in [-0.2, -0.15) is 0 Å². The molecule has 4 aromatic heterocycles. The quantitative estimate of drug-likeness (QED) is 0.228. The summed E-state index contributed by atoms with van der Waals surface area (Å²) in [6.45, 7) is 20.5. The van der Waals surface area contributed by atoms with E-state index in [-0.39, 0.29) is 0 Å². The number of hydrogen-bond donors (Lipinski definition) is 2. The van der Waals surface area contributed by atoms with Crippen molar-refractivity contribution in [2.75, 3.05) is 13.1 Å². The van der Waals surface area contributed by atoms with Crippen molar-refractivity contribution in [3.63, 3.8) is 0 Å². The molecule has 1 aliphatic heterocycles. The van der Waals surface area contributed by atoms with E-state index in [2.05, 4.69) is 86.4 Å². The zero-order valence-electron chi connectivity index (χ0n) is 26.6. The Labute approximate surface area is 251 Å². The van der Waals surface area contributed by atoms with Crippen LogP contribution in [0.3, 0.4) is 0 Å². The smallest absolute Gasteiger partial charge is 0.117 e. The van der Waals surface area contributed by atoms with E-state index in [0.717, 1.165) is 78.4 Å². The number of nitrogens with zero attached hydrogens (tertiary/aromatic N) is 4. The predicted octanol–water partition coefficient (Wildman–Crippen LogP) is 9.40. The van der Waals surface area contributed by atoms with Crippen LogP contribution in [-0.2, 0) is 6.42 Å². The van der Waals surface area contributed by atoms with Gasteiger partial charge in [0.25, 0.3) is 0 Å². The van der Waals surface area contributed by atoms with E-state index < -0.39 is 0 Å². The minimum atomic E-state index is 0.396. The molecule has 1 fully saturated rings. The van der Waals surface area contributed by atoms with Gasteiger partial charge in [-0.25, -0.2) is 4.98 Å². The van der Waals surface area contributed by atoms with E-state index in [0.29, 0.717) is 5.92 Å². The van der Waals surface area contributed by atoms with Gasteiger partial charge in [-0.05, 0) is 73.4 Å². The molecule has 0 unspecified atom stereocenters. The van der Waals surface area contributed by atoms with Gasteiger partial charge in [0.1, 0.15) is 11.5 Å². The van der Waals surface area contributed by atoms with Crippen molar-refractivity contribution in [1.82, 2.24) is 29.2 Å². The zero-order valence-corrected chi connectivity index (χ0v) is 26.6. The maximum absolute atomic E-state index is 5.27. The minimum absolute atomic E-state index is 0.396. The van der Waals surface area contributed by atoms with Gasteiger partial charge in [0.15, 0.2) is 0 Å².